The SMILES string of the molecule is C=CCN1C(=O)C(=Cc2ccc(OC)c(OCc3ccccc3Cl)c2)SC1=NS(=O)(=O)c1ccccc1. The second kappa shape index (κ2) is 11.7. The number of amides is 1. The Balaban J connectivity index is 1.63. The number of benzene rings is 3. The number of sulfonamides is 1. The predicted molar refractivity (Wildman–Crippen MR) is 147 cm³/mol. The second-order valence-electron chi connectivity index (χ2n) is 7.77. The number of thioether (sulfide) groups is 1. The summed E-state index contributed by atoms with van der Waals surface area (Å²) >= 11 is 7.22. The van der Waals surface area contributed by atoms with Crippen LogP contribution >= 0.6 is 23.4 Å². The van der Waals surface area contributed by atoms with E-state index in [1.165, 1.54) is 30.2 Å². The third-order valence-corrected chi connectivity index (χ3v) is 8.04. The average Bonchev–Trinajstić information content (AvgIpc) is 3.17. The van der Waals surface area contributed by atoms with Gasteiger partial charge in [-0.25, -0.2) is 0 Å². The molecule has 4 rings (SSSR count). The van der Waals surface area contributed by atoms with E-state index in [1.54, 1.807) is 48.5 Å². The Morgan fingerprint density at radius 1 is 1.05 bits per heavy atom. The van der Waals surface area contributed by atoms with Gasteiger partial charge >= 0.3 is 0 Å². The molecule has 1 aliphatic rings. The number of nitrogens with zero attached hydrogens (tertiary/aromatic N) is 2. The smallest absolute Gasteiger partial charge is 0.284 e. The first-order valence-electron chi connectivity index (χ1n) is 11.1. The molecule has 1 aliphatic heterocycles. The van der Waals surface area contributed by atoms with E-state index in [-0.39, 0.29) is 29.1 Å². The maximum Gasteiger partial charge on any atom is 0.284 e. The molecule has 1 amide bonds. The lowest BCUT2D eigenvalue weighted by Gasteiger charge is -2.13. The molecule has 190 valence electrons. The molecule has 10 heteroatoms. The maximum absolute atomic E-state index is 13.1. The molecule has 0 unspecified atom stereocenters. The molecule has 0 N–H and O–H groups in total. The van der Waals surface area contributed by atoms with E-state index in [9.17, 15) is 13.2 Å². The quantitative estimate of drug-likeness (QED) is 0.246. The Kier molecular flexibility index (Phi) is 8.38. The fraction of sp³-hybridized carbons (Fsp3) is 0.111. The van der Waals surface area contributed by atoms with Gasteiger partial charge < -0.3 is 9.47 Å². The van der Waals surface area contributed by atoms with Crippen LogP contribution in [0.25, 0.3) is 6.08 Å². The van der Waals surface area contributed by atoms with Gasteiger partial charge in [0, 0.05) is 17.1 Å². The number of rotatable bonds is 9. The van der Waals surface area contributed by atoms with Gasteiger partial charge in [-0.3, -0.25) is 9.69 Å². The van der Waals surface area contributed by atoms with Gasteiger partial charge in [0.15, 0.2) is 16.7 Å². The van der Waals surface area contributed by atoms with Crippen molar-refractivity contribution in [2.45, 2.75) is 11.5 Å². The number of amidine groups is 1. The van der Waals surface area contributed by atoms with Crippen LogP contribution in [0.4, 0.5) is 0 Å². The van der Waals surface area contributed by atoms with Gasteiger partial charge in [0.1, 0.15) is 6.61 Å². The van der Waals surface area contributed by atoms with Gasteiger partial charge in [-0.15, -0.1) is 11.0 Å². The zero-order chi connectivity index (χ0) is 26.4. The molecule has 3 aromatic carbocycles. The predicted octanol–water partition coefficient (Wildman–Crippen LogP) is 5.77. The molecule has 37 heavy (non-hydrogen) atoms. The third kappa shape index (κ3) is 6.25. The average molecular weight is 555 g/mol. The summed E-state index contributed by atoms with van der Waals surface area (Å²) in [4.78, 5) is 14.8. The van der Waals surface area contributed by atoms with Gasteiger partial charge in [-0.1, -0.05) is 60.1 Å². The number of carbonyl (C=O) groups is 1. The van der Waals surface area contributed by atoms with Crippen molar-refractivity contribution in [1.82, 2.24) is 4.90 Å². The van der Waals surface area contributed by atoms with Crippen LogP contribution < -0.4 is 9.47 Å². The number of methoxy groups -OCH3 is 1. The van der Waals surface area contributed by atoms with Crippen molar-refractivity contribution in [3.8, 4) is 11.5 Å². The maximum atomic E-state index is 13.1. The minimum absolute atomic E-state index is 0.0435. The summed E-state index contributed by atoms with van der Waals surface area (Å²) in [6.45, 7) is 4.01. The van der Waals surface area contributed by atoms with Crippen LogP contribution in [-0.2, 0) is 21.4 Å². The first-order chi connectivity index (χ1) is 17.8. The Hall–Kier alpha value is -3.53. The van der Waals surface area contributed by atoms with Crippen molar-refractivity contribution in [2.24, 2.45) is 4.40 Å². The fourth-order valence-electron chi connectivity index (χ4n) is 3.43. The molecule has 1 fully saturated rings. The Morgan fingerprint density at radius 2 is 1.78 bits per heavy atom. The van der Waals surface area contributed by atoms with Crippen molar-refractivity contribution in [3.05, 3.63) is 107 Å². The summed E-state index contributed by atoms with van der Waals surface area (Å²) in [5.41, 5.74) is 1.48. The fourth-order valence-corrected chi connectivity index (χ4v) is 5.83. The van der Waals surface area contributed by atoms with E-state index in [0.717, 1.165) is 17.3 Å². The van der Waals surface area contributed by atoms with E-state index in [1.807, 2.05) is 18.2 Å². The number of halogens is 1. The zero-order valence-corrected chi connectivity index (χ0v) is 22.2. The van der Waals surface area contributed by atoms with Gasteiger partial charge in [-0.05, 0) is 53.7 Å². The molecule has 0 atom stereocenters. The van der Waals surface area contributed by atoms with Crippen LogP contribution in [0.3, 0.4) is 0 Å². The molecule has 7 nitrogen and oxygen atoms in total. The van der Waals surface area contributed by atoms with E-state index in [2.05, 4.69) is 11.0 Å². The first kappa shape index (κ1) is 26.5. The summed E-state index contributed by atoms with van der Waals surface area (Å²) < 4.78 is 41.0. The largest absolute Gasteiger partial charge is 0.493 e. The molecular weight excluding hydrogens is 532 g/mol. The Labute approximate surface area is 225 Å². The van der Waals surface area contributed by atoms with Crippen molar-refractivity contribution in [2.75, 3.05) is 13.7 Å². The van der Waals surface area contributed by atoms with Crippen molar-refractivity contribution in [3.63, 3.8) is 0 Å². The minimum atomic E-state index is -4.00. The van der Waals surface area contributed by atoms with E-state index in [0.29, 0.717) is 27.0 Å². The first-order valence-corrected chi connectivity index (χ1v) is 13.7. The van der Waals surface area contributed by atoms with Crippen LogP contribution in [0.5, 0.6) is 11.5 Å². The van der Waals surface area contributed by atoms with E-state index >= 15 is 0 Å². The molecule has 0 saturated carbocycles. The summed E-state index contributed by atoms with van der Waals surface area (Å²) in [5, 5.41) is 0.649. The molecule has 0 aromatic heterocycles. The standard InChI is InChI=1S/C27H23ClN2O5S2/c1-3-15-30-26(31)25(36-27(30)29-37(32,33)21-10-5-4-6-11-21)17-19-13-14-23(34-2)24(16-19)35-18-20-9-7-8-12-22(20)28/h3-14,16-17H,1,15,18H2,2H3. The van der Waals surface area contributed by atoms with Crippen LogP contribution in [0.15, 0.2) is 99.6 Å². The highest BCUT2D eigenvalue weighted by Crippen LogP contribution is 2.36. The lowest BCUT2D eigenvalue weighted by Crippen LogP contribution is -2.29. The number of ether oxygens (including phenoxy) is 2. The lowest BCUT2D eigenvalue weighted by atomic mass is 10.1. The molecule has 0 bridgehead atoms. The van der Waals surface area contributed by atoms with Crippen LogP contribution in [0, 0.1) is 0 Å². The molecular formula is C27H23ClN2O5S2. The van der Waals surface area contributed by atoms with E-state index < -0.39 is 10.0 Å². The summed E-state index contributed by atoms with van der Waals surface area (Å²) in [7, 11) is -2.47. The summed E-state index contributed by atoms with van der Waals surface area (Å²) in [6, 6.07) is 20.5. The van der Waals surface area contributed by atoms with Gasteiger partial charge in [0.05, 0.1) is 16.9 Å². The molecule has 0 spiro atoms. The van der Waals surface area contributed by atoms with Crippen LogP contribution in [0.2, 0.25) is 5.02 Å². The summed E-state index contributed by atoms with van der Waals surface area (Å²) in [5.74, 6) is 0.612. The highest BCUT2D eigenvalue weighted by Gasteiger charge is 2.34. The Bertz CT molecular complexity index is 1490. The number of carbonyl (C=O) groups excluding carboxylic acids is 1. The molecule has 0 aliphatic carbocycles. The minimum Gasteiger partial charge on any atom is -0.493 e. The van der Waals surface area contributed by atoms with Crippen LogP contribution in [0.1, 0.15) is 11.1 Å². The van der Waals surface area contributed by atoms with Crippen LogP contribution in [-0.4, -0.2) is 38.0 Å². The van der Waals surface area contributed by atoms with Gasteiger partial charge in [0.2, 0.25) is 0 Å². The van der Waals surface area contributed by atoms with Gasteiger partial charge in [0.25, 0.3) is 15.9 Å². The number of hydrogen-bond acceptors (Lipinski definition) is 6. The molecule has 1 heterocycles. The molecule has 0 radical (unpaired) electrons. The van der Waals surface area contributed by atoms with Crippen molar-refractivity contribution < 1.29 is 22.7 Å². The number of hydrogen-bond donors (Lipinski definition) is 0. The Morgan fingerprint density at radius 3 is 2.49 bits per heavy atom. The van der Waals surface area contributed by atoms with Crippen molar-refractivity contribution >= 4 is 50.5 Å². The summed E-state index contributed by atoms with van der Waals surface area (Å²) in [6.07, 6.45) is 3.17. The monoisotopic (exact) mass is 554 g/mol. The zero-order valence-electron chi connectivity index (χ0n) is 19.8. The highest BCUT2D eigenvalue weighted by molar-refractivity contribution is 8.19. The van der Waals surface area contributed by atoms with Crippen molar-refractivity contribution in [1.29, 1.82) is 0 Å². The third-order valence-electron chi connectivity index (χ3n) is 5.27. The topological polar surface area (TPSA) is 85.3 Å². The molecule has 3 aromatic rings. The molecule has 1 saturated heterocycles. The lowest BCUT2D eigenvalue weighted by molar-refractivity contribution is -0.121. The normalized spacial score (nSPS) is 15.8. The van der Waals surface area contributed by atoms with E-state index in [4.69, 9.17) is 21.1 Å². The second-order valence-corrected chi connectivity index (χ2v) is 10.8. The van der Waals surface area contributed by atoms with Gasteiger partial charge in [-0.2, -0.15) is 8.42 Å². The highest BCUT2D eigenvalue weighted by atomic mass is 35.5.